The lowest BCUT2D eigenvalue weighted by atomic mass is 10.1. The first-order valence-electron chi connectivity index (χ1n) is 9.04. The van der Waals surface area contributed by atoms with Crippen molar-refractivity contribution in [2.45, 2.75) is 0 Å². The van der Waals surface area contributed by atoms with Crippen molar-refractivity contribution in [3.8, 4) is 11.3 Å². The Kier molecular flexibility index (Phi) is 5.68. The van der Waals surface area contributed by atoms with Crippen molar-refractivity contribution in [3.63, 3.8) is 0 Å². The van der Waals surface area contributed by atoms with E-state index < -0.39 is 23.8 Å². The second-order valence-corrected chi connectivity index (χ2v) is 7.96. The van der Waals surface area contributed by atoms with Crippen LogP contribution in [0.15, 0.2) is 69.1 Å². The predicted octanol–water partition coefficient (Wildman–Crippen LogP) is 4.73. The third-order valence-corrected chi connectivity index (χ3v) is 5.43. The first kappa shape index (κ1) is 21.5. The van der Waals surface area contributed by atoms with Gasteiger partial charge in [0.2, 0.25) is 0 Å². The maximum absolute atomic E-state index is 12.9. The highest BCUT2D eigenvalue weighted by molar-refractivity contribution is 9.10. The van der Waals surface area contributed by atoms with Crippen LogP contribution < -0.4 is 10.2 Å². The standard InChI is InChI=1S/C22H12BrClN2O6/c23-12-2-4-13(5-3-12)26-20(28)16(19(27)25-22(26)31)10-14-6-8-18(32-14)11-1-7-15(21(29)30)17(24)9-11/h1-10H,(H,29,30)(H,25,27,31)/b16-10-. The van der Waals surface area contributed by atoms with E-state index in [0.29, 0.717) is 17.0 Å². The van der Waals surface area contributed by atoms with Gasteiger partial charge in [-0.25, -0.2) is 14.5 Å². The maximum atomic E-state index is 12.9. The number of barbiturate groups is 1. The fourth-order valence-corrected chi connectivity index (χ4v) is 3.58. The number of imide groups is 2. The van der Waals surface area contributed by atoms with E-state index in [4.69, 9.17) is 21.1 Å². The van der Waals surface area contributed by atoms with Crippen molar-refractivity contribution >= 4 is 63.1 Å². The number of carbonyl (C=O) groups is 4. The number of hydrogen-bond donors (Lipinski definition) is 2. The molecule has 1 aliphatic heterocycles. The summed E-state index contributed by atoms with van der Waals surface area (Å²) in [5, 5.41) is 11.3. The fourth-order valence-electron chi connectivity index (χ4n) is 3.05. The molecule has 0 unspecified atom stereocenters. The number of carboxylic acids is 1. The van der Waals surface area contributed by atoms with Crippen LogP contribution in [0, 0.1) is 0 Å². The lowest BCUT2D eigenvalue weighted by Gasteiger charge is -2.26. The van der Waals surface area contributed by atoms with E-state index in [9.17, 15) is 19.2 Å². The van der Waals surface area contributed by atoms with Gasteiger partial charge in [-0.05, 0) is 54.6 Å². The number of halogens is 2. The smallest absolute Gasteiger partial charge is 0.337 e. The second-order valence-electron chi connectivity index (χ2n) is 6.64. The van der Waals surface area contributed by atoms with E-state index >= 15 is 0 Å². The van der Waals surface area contributed by atoms with Crippen LogP contribution in [0.5, 0.6) is 0 Å². The second kappa shape index (κ2) is 8.45. The van der Waals surface area contributed by atoms with E-state index in [0.717, 1.165) is 9.37 Å². The number of carbonyl (C=O) groups excluding carboxylic acids is 3. The van der Waals surface area contributed by atoms with E-state index in [-0.39, 0.29) is 21.9 Å². The molecule has 8 nitrogen and oxygen atoms in total. The number of benzene rings is 2. The molecule has 1 aliphatic rings. The molecule has 2 heterocycles. The van der Waals surface area contributed by atoms with Gasteiger partial charge in [-0.1, -0.05) is 33.6 Å². The lowest BCUT2D eigenvalue weighted by molar-refractivity contribution is -0.122. The van der Waals surface area contributed by atoms with Crippen molar-refractivity contribution in [2.75, 3.05) is 4.90 Å². The first-order chi connectivity index (χ1) is 15.2. The van der Waals surface area contributed by atoms with Crippen LogP contribution in [-0.4, -0.2) is 28.9 Å². The van der Waals surface area contributed by atoms with Crippen LogP contribution in [0.1, 0.15) is 16.1 Å². The van der Waals surface area contributed by atoms with Gasteiger partial charge in [-0.15, -0.1) is 0 Å². The van der Waals surface area contributed by atoms with Crippen molar-refractivity contribution in [1.29, 1.82) is 0 Å². The number of aromatic carboxylic acids is 1. The summed E-state index contributed by atoms with van der Waals surface area (Å²) in [6.45, 7) is 0. The average molecular weight is 516 g/mol. The van der Waals surface area contributed by atoms with Gasteiger partial charge < -0.3 is 9.52 Å². The average Bonchev–Trinajstić information content (AvgIpc) is 3.21. The molecule has 1 fully saturated rings. The number of carboxylic acid groups (broad SMARTS) is 1. The van der Waals surface area contributed by atoms with Crippen LogP contribution in [-0.2, 0) is 9.59 Å². The molecule has 0 aliphatic carbocycles. The third-order valence-electron chi connectivity index (χ3n) is 4.58. The number of nitrogens with one attached hydrogen (secondary N) is 1. The highest BCUT2D eigenvalue weighted by Gasteiger charge is 2.37. The van der Waals surface area contributed by atoms with Gasteiger partial charge in [0.25, 0.3) is 11.8 Å². The predicted molar refractivity (Wildman–Crippen MR) is 119 cm³/mol. The molecule has 0 saturated carbocycles. The van der Waals surface area contributed by atoms with E-state index in [1.807, 2.05) is 0 Å². The molecule has 0 bridgehead atoms. The molecule has 3 aromatic rings. The molecule has 2 N–H and O–H groups in total. The third kappa shape index (κ3) is 4.08. The first-order valence-corrected chi connectivity index (χ1v) is 10.2. The Morgan fingerprint density at radius 2 is 1.78 bits per heavy atom. The molecule has 1 aromatic heterocycles. The highest BCUT2D eigenvalue weighted by atomic mass is 79.9. The molecule has 4 amide bonds. The van der Waals surface area contributed by atoms with Gasteiger partial charge in [-0.3, -0.25) is 14.9 Å². The molecule has 160 valence electrons. The molecule has 10 heteroatoms. The van der Waals surface area contributed by atoms with Gasteiger partial charge in [0.15, 0.2) is 0 Å². The minimum absolute atomic E-state index is 0.0387. The number of amides is 4. The maximum Gasteiger partial charge on any atom is 0.337 e. The van der Waals surface area contributed by atoms with Gasteiger partial charge in [-0.2, -0.15) is 0 Å². The molecule has 4 rings (SSSR count). The van der Waals surface area contributed by atoms with Crippen LogP contribution in [0.25, 0.3) is 17.4 Å². The van der Waals surface area contributed by atoms with Crippen LogP contribution in [0.4, 0.5) is 10.5 Å². The summed E-state index contributed by atoms with van der Waals surface area (Å²) in [7, 11) is 0. The normalized spacial score (nSPS) is 15.2. The molecule has 1 saturated heterocycles. The number of furan rings is 1. The number of hydrogen-bond acceptors (Lipinski definition) is 5. The molecule has 0 spiro atoms. The van der Waals surface area contributed by atoms with Gasteiger partial charge in [0, 0.05) is 10.0 Å². The Labute approximate surface area is 194 Å². The Bertz CT molecular complexity index is 1310. The topological polar surface area (TPSA) is 117 Å². The molecule has 0 radical (unpaired) electrons. The van der Waals surface area contributed by atoms with Crippen LogP contribution >= 0.6 is 27.5 Å². The summed E-state index contributed by atoms with van der Waals surface area (Å²) < 4.78 is 6.45. The number of urea groups is 1. The Balaban J connectivity index is 1.65. The zero-order valence-electron chi connectivity index (χ0n) is 16.0. The highest BCUT2D eigenvalue weighted by Crippen LogP contribution is 2.29. The van der Waals surface area contributed by atoms with Crippen molar-refractivity contribution in [3.05, 3.63) is 81.0 Å². The van der Waals surface area contributed by atoms with Gasteiger partial charge >= 0.3 is 12.0 Å². The number of rotatable bonds is 4. The number of nitrogens with zero attached hydrogens (tertiary/aromatic N) is 1. The van der Waals surface area contributed by atoms with Gasteiger partial charge in [0.05, 0.1) is 16.3 Å². The summed E-state index contributed by atoms with van der Waals surface area (Å²) in [5.74, 6) is -2.27. The summed E-state index contributed by atoms with van der Waals surface area (Å²) in [6, 6.07) is 13.0. The largest absolute Gasteiger partial charge is 0.478 e. The van der Waals surface area contributed by atoms with Crippen molar-refractivity contribution < 1.29 is 28.7 Å². The van der Waals surface area contributed by atoms with E-state index in [1.165, 1.54) is 30.3 Å². The minimum Gasteiger partial charge on any atom is -0.478 e. The molecule has 32 heavy (non-hydrogen) atoms. The van der Waals surface area contributed by atoms with Gasteiger partial charge in [0.1, 0.15) is 17.1 Å². The summed E-state index contributed by atoms with van der Waals surface area (Å²) in [5.41, 5.74) is 0.470. The Morgan fingerprint density at radius 3 is 2.44 bits per heavy atom. The number of anilines is 1. The van der Waals surface area contributed by atoms with Crippen molar-refractivity contribution in [2.24, 2.45) is 0 Å². The fraction of sp³-hybridized carbons (Fsp3) is 0. The minimum atomic E-state index is -1.15. The van der Waals surface area contributed by atoms with E-state index in [2.05, 4.69) is 21.2 Å². The summed E-state index contributed by atoms with van der Waals surface area (Å²) in [6.07, 6.45) is 1.23. The molecular formula is C22H12BrClN2O6. The monoisotopic (exact) mass is 514 g/mol. The molecular weight excluding hydrogens is 504 g/mol. The summed E-state index contributed by atoms with van der Waals surface area (Å²) >= 11 is 9.28. The SMILES string of the molecule is O=C1NC(=O)N(c2ccc(Br)cc2)C(=O)/C1=C\c1ccc(-c2ccc(C(=O)O)c(Cl)c2)o1. The summed E-state index contributed by atoms with van der Waals surface area (Å²) in [4.78, 5) is 49.4. The zero-order valence-corrected chi connectivity index (χ0v) is 18.3. The zero-order chi connectivity index (χ0) is 23.0. The lowest BCUT2D eigenvalue weighted by Crippen LogP contribution is -2.54. The Hall–Kier alpha value is -3.69. The molecule has 0 atom stereocenters. The van der Waals surface area contributed by atoms with Crippen LogP contribution in [0.3, 0.4) is 0 Å². The van der Waals surface area contributed by atoms with E-state index in [1.54, 1.807) is 30.3 Å². The quantitative estimate of drug-likeness (QED) is 0.383. The van der Waals surface area contributed by atoms with Crippen LogP contribution in [0.2, 0.25) is 5.02 Å². The molecule has 2 aromatic carbocycles. The van der Waals surface area contributed by atoms with Crippen molar-refractivity contribution in [1.82, 2.24) is 5.32 Å². The Morgan fingerprint density at radius 1 is 1.06 bits per heavy atom.